The van der Waals surface area contributed by atoms with Crippen molar-refractivity contribution in [2.45, 2.75) is 38.4 Å². The van der Waals surface area contributed by atoms with E-state index in [2.05, 4.69) is 29.4 Å². The molecular formula is C10H16N4O2S. The summed E-state index contributed by atoms with van der Waals surface area (Å²) in [5.74, 6) is -0.256. The van der Waals surface area contributed by atoms with Crippen LogP contribution in [0.2, 0.25) is 0 Å². The van der Waals surface area contributed by atoms with Crippen molar-refractivity contribution in [3.8, 4) is 0 Å². The molecule has 7 heteroatoms. The molecule has 1 fully saturated rings. The van der Waals surface area contributed by atoms with Crippen LogP contribution < -0.4 is 0 Å². The molecule has 1 heterocycles. The summed E-state index contributed by atoms with van der Waals surface area (Å²) < 4.78 is 1.74. The van der Waals surface area contributed by atoms with Gasteiger partial charge in [0.1, 0.15) is 0 Å². The fourth-order valence-electron chi connectivity index (χ4n) is 1.90. The van der Waals surface area contributed by atoms with E-state index in [1.165, 1.54) is 24.6 Å². The fourth-order valence-corrected chi connectivity index (χ4v) is 2.50. The van der Waals surface area contributed by atoms with Gasteiger partial charge in [-0.2, -0.15) is 0 Å². The molecule has 1 aromatic heterocycles. The minimum Gasteiger partial charge on any atom is -0.481 e. The fraction of sp³-hybridized carbons (Fsp3) is 0.800. The molecule has 0 radical (unpaired) electrons. The van der Waals surface area contributed by atoms with Crippen molar-refractivity contribution >= 4 is 17.7 Å². The number of nitrogens with zero attached hydrogens (tertiary/aromatic N) is 4. The highest BCUT2D eigenvalue weighted by molar-refractivity contribution is 7.99. The van der Waals surface area contributed by atoms with Gasteiger partial charge < -0.3 is 5.11 Å². The molecule has 0 atom stereocenters. The van der Waals surface area contributed by atoms with E-state index in [0.29, 0.717) is 16.5 Å². The number of aliphatic carboxylic acids is 1. The van der Waals surface area contributed by atoms with Gasteiger partial charge in [-0.3, -0.25) is 4.79 Å². The molecule has 1 aromatic rings. The summed E-state index contributed by atoms with van der Waals surface area (Å²) >= 11 is 1.17. The number of rotatable bonds is 6. The van der Waals surface area contributed by atoms with Gasteiger partial charge in [0, 0.05) is 0 Å². The van der Waals surface area contributed by atoms with E-state index in [-0.39, 0.29) is 5.75 Å². The third-order valence-electron chi connectivity index (χ3n) is 3.41. The summed E-state index contributed by atoms with van der Waals surface area (Å²) in [4.78, 5) is 10.5. The molecule has 94 valence electrons. The molecule has 0 unspecified atom stereocenters. The van der Waals surface area contributed by atoms with Crippen LogP contribution in [0, 0.1) is 11.3 Å². The maximum atomic E-state index is 10.5. The van der Waals surface area contributed by atoms with Crippen LogP contribution >= 0.6 is 11.8 Å². The van der Waals surface area contributed by atoms with Gasteiger partial charge in [-0.15, -0.1) is 5.10 Å². The van der Waals surface area contributed by atoms with Crippen LogP contribution in [-0.2, 0) is 11.3 Å². The predicted molar refractivity (Wildman–Crippen MR) is 62.7 cm³/mol. The Kier molecular flexibility index (Phi) is 3.37. The lowest BCUT2D eigenvalue weighted by Crippen LogP contribution is -2.19. The van der Waals surface area contributed by atoms with Gasteiger partial charge in [0.25, 0.3) is 0 Å². The van der Waals surface area contributed by atoms with Crippen molar-refractivity contribution in [2.75, 3.05) is 5.75 Å². The number of hydrogen-bond acceptors (Lipinski definition) is 5. The minimum absolute atomic E-state index is 0.00491. The van der Waals surface area contributed by atoms with Crippen molar-refractivity contribution < 1.29 is 9.90 Å². The van der Waals surface area contributed by atoms with E-state index in [9.17, 15) is 4.79 Å². The van der Waals surface area contributed by atoms with E-state index >= 15 is 0 Å². The first kappa shape index (κ1) is 12.3. The van der Waals surface area contributed by atoms with Crippen LogP contribution in [0.5, 0.6) is 0 Å². The monoisotopic (exact) mass is 256 g/mol. The lowest BCUT2D eigenvalue weighted by molar-refractivity contribution is -0.133. The van der Waals surface area contributed by atoms with Crippen LogP contribution in [-0.4, -0.2) is 37.0 Å². The first-order chi connectivity index (χ1) is 8.03. The Morgan fingerprint density at radius 3 is 2.82 bits per heavy atom. The number of tetrazole rings is 1. The van der Waals surface area contributed by atoms with Gasteiger partial charge in [0.15, 0.2) is 0 Å². The van der Waals surface area contributed by atoms with Gasteiger partial charge in [0.05, 0.1) is 12.3 Å². The van der Waals surface area contributed by atoms with Crippen LogP contribution in [0.3, 0.4) is 0 Å². The maximum Gasteiger partial charge on any atom is 0.313 e. The van der Waals surface area contributed by atoms with Gasteiger partial charge in [-0.05, 0) is 34.6 Å². The Morgan fingerprint density at radius 1 is 1.59 bits per heavy atom. The third kappa shape index (κ3) is 2.77. The summed E-state index contributed by atoms with van der Waals surface area (Å²) in [6.45, 7) is 5.21. The highest BCUT2D eigenvalue weighted by atomic mass is 32.2. The first-order valence-electron chi connectivity index (χ1n) is 5.64. The third-order valence-corrected chi connectivity index (χ3v) is 4.35. The van der Waals surface area contributed by atoms with E-state index in [4.69, 9.17) is 5.11 Å². The highest BCUT2D eigenvalue weighted by Crippen LogP contribution is 2.53. The maximum absolute atomic E-state index is 10.5. The van der Waals surface area contributed by atoms with Crippen molar-refractivity contribution in [3.63, 3.8) is 0 Å². The molecule has 0 saturated heterocycles. The minimum atomic E-state index is -0.852. The van der Waals surface area contributed by atoms with Crippen molar-refractivity contribution in [1.82, 2.24) is 20.2 Å². The second-order valence-corrected chi connectivity index (χ2v) is 5.76. The van der Waals surface area contributed by atoms with Crippen molar-refractivity contribution in [3.05, 3.63) is 0 Å². The number of aromatic nitrogens is 4. The Morgan fingerprint density at radius 2 is 2.29 bits per heavy atom. The van der Waals surface area contributed by atoms with Gasteiger partial charge >= 0.3 is 5.97 Å². The summed E-state index contributed by atoms with van der Waals surface area (Å²) in [6.07, 6.45) is 2.40. The number of carboxylic acids is 1. The molecule has 0 amide bonds. The Hall–Kier alpha value is -1.11. The van der Waals surface area contributed by atoms with Crippen LogP contribution in [0.1, 0.15) is 26.7 Å². The zero-order valence-electron chi connectivity index (χ0n) is 9.96. The molecule has 0 aliphatic heterocycles. The predicted octanol–water partition coefficient (Wildman–Crippen LogP) is 1.29. The molecule has 0 aromatic carbocycles. The summed E-state index contributed by atoms with van der Waals surface area (Å²) in [6, 6.07) is 0. The zero-order chi connectivity index (χ0) is 12.5. The van der Waals surface area contributed by atoms with E-state index in [0.717, 1.165) is 6.54 Å². The zero-order valence-corrected chi connectivity index (χ0v) is 10.8. The Bertz CT molecular complexity index is 414. The van der Waals surface area contributed by atoms with Crippen molar-refractivity contribution in [2.24, 2.45) is 11.3 Å². The summed E-state index contributed by atoms with van der Waals surface area (Å²) in [7, 11) is 0. The quantitative estimate of drug-likeness (QED) is 0.772. The van der Waals surface area contributed by atoms with Gasteiger partial charge in [0.2, 0.25) is 5.16 Å². The molecule has 0 spiro atoms. The normalized spacial score (nSPS) is 17.4. The summed E-state index contributed by atoms with van der Waals surface area (Å²) in [5.41, 5.74) is 0.313. The van der Waals surface area contributed by atoms with Gasteiger partial charge in [-0.25, -0.2) is 4.68 Å². The van der Waals surface area contributed by atoms with Crippen LogP contribution in [0.25, 0.3) is 0 Å². The van der Waals surface area contributed by atoms with Crippen LogP contribution in [0.4, 0.5) is 0 Å². The molecule has 6 nitrogen and oxygen atoms in total. The highest BCUT2D eigenvalue weighted by Gasteiger charge is 2.46. The second-order valence-electron chi connectivity index (χ2n) is 4.82. The molecule has 1 aliphatic carbocycles. The molecule has 0 bridgehead atoms. The molecule has 2 rings (SSSR count). The topological polar surface area (TPSA) is 80.9 Å². The number of thioether (sulfide) groups is 1. The molecule has 1 saturated carbocycles. The molecule has 1 N–H and O–H groups in total. The number of carbonyl (C=O) groups is 1. The average Bonchev–Trinajstić information content (AvgIpc) is 2.90. The molecule has 17 heavy (non-hydrogen) atoms. The average molecular weight is 256 g/mol. The Balaban J connectivity index is 2.02. The van der Waals surface area contributed by atoms with E-state index in [1.807, 2.05) is 0 Å². The summed E-state index contributed by atoms with van der Waals surface area (Å²) in [5, 5.41) is 20.7. The molecular weight excluding hydrogens is 240 g/mol. The second kappa shape index (κ2) is 4.64. The standard InChI is InChI=1S/C10H16N4O2S/c1-7(2)10(3-4-10)6-14-9(11-12-13-14)17-5-8(15)16/h7H,3-6H2,1-2H3,(H,15,16). The Labute approximate surface area is 104 Å². The first-order valence-corrected chi connectivity index (χ1v) is 6.63. The van der Waals surface area contributed by atoms with E-state index in [1.54, 1.807) is 4.68 Å². The van der Waals surface area contributed by atoms with Gasteiger partial charge in [-0.1, -0.05) is 25.6 Å². The lowest BCUT2D eigenvalue weighted by Gasteiger charge is -2.19. The largest absolute Gasteiger partial charge is 0.481 e. The molecule has 1 aliphatic rings. The smallest absolute Gasteiger partial charge is 0.313 e. The number of hydrogen-bond donors (Lipinski definition) is 1. The number of carboxylic acid groups (broad SMARTS) is 1. The van der Waals surface area contributed by atoms with E-state index < -0.39 is 5.97 Å². The van der Waals surface area contributed by atoms with Crippen LogP contribution in [0.15, 0.2) is 5.16 Å². The SMILES string of the molecule is CC(C)C1(Cn2nnnc2SCC(=O)O)CC1. The lowest BCUT2D eigenvalue weighted by atomic mass is 9.92. The van der Waals surface area contributed by atoms with Crippen molar-refractivity contribution in [1.29, 1.82) is 0 Å².